The second kappa shape index (κ2) is 11.8. The number of alkyl halides is 1. The molecular weight excluding hydrogens is 617 g/mol. The van der Waals surface area contributed by atoms with Crippen LogP contribution in [0.2, 0.25) is 0 Å². The minimum atomic E-state index is -0.931. The first-order valence-corrected chi connectivity index (χ1v) is 16.6. The lowest BCUT2D eigenvalue weighted by molar-refractivity contribution is 0.107. The first-order chi connectivity index (χ1) is 23.3. The molecule has 48 heavy (non-hydrogen) atoms. The molecule has 4 aliphatic rings. The number of nitrogens with one attached hydrogen (secondary N) is 1. The SMILES string of the molecule is C#Cc1c(F)ccc2cc(O)cc(-c3c(CCC#N)cc4c(N5C[C@H]6CC[C@@H](C5)N6)nc(OC[C@@]56CCCN5C[C@H](F)C6)nc4c3F)c12. The lowest BCUT2D eigenvalue weighted by Crippen LogP contribution is -2.51. The van der Waals surface area contributed by atoms with Gasteiger partial charge in [-0.2, -0.15) is 15.2 Å². The molecule has 0 spiro atoms. The Morgan fingerprint density at radius 2 is 1.94 bits per heavy atom. The Bertz CT molecular complexity index is 2030. The Kier molecular flexibility index (Phi) is 7.58. The molecule has 246 valence electrons. The normalized spacial score (nSPS) is 25.0. The fourth-order valence-corrected chi connectivity index (χ4v) is 8.61. The number of halogens is 3. The predicted molar refractivity (Wildman–Crippen MR) is 177 cm³/mol. The minimum absolute atomic E-state index is 0.00214. The van der Waals surface area contributed by atoms with Crippen molar-refractivity contribution in [3.8, 4) is 41.3 Å². The molecule has 2 bridgehead atoms. The molecule has 0 radical (unpaired) electrons. The number of hydrogen-bond acceptors (Lipinski definition) is 8. The molecule has 0 unspecified atom stereocenters. The van der Waals surface area contributed by atoms with Gasteiger partial charge in [0.2, 0.25) is 0 Å². The molecule has 0 aliphatic carbocycles. The highest BCUT2D eigenvalue weighted by Gasteiger charge is 2.49. The Balaban J connectivity index is 1.34. The summed E-state index contributed by atoms with van der Waals surface area (Å²) < 4.78 is 53.3. The number of terminal acetylenes is 1. The second-order valence-electron chi connectivity index (χ2n) is 13.7. The number of ether oxygens (including phenoxy) is 1. The van der Waals surface area contributed by atoms with Crippen molar-refractivity contribution in [3.05, 3.63) is 53.1 Å². The molecule has 4 fully saturated rings. The molecule has 1 aromatic heterocycles. The van der Waals surface area contributed by atoms with Crippen molar-refractivity contribution < 1.29 is 23.0 Å². The Morgan fingerprint density at radius 1 is 1.12 bits per heavy atom. The smallest absolute Gasteiger partial charge is 0.319 e. The molecule has 8 rings (SSSR count). The number of nitriles is 1. The number of aromatic hydroxyl groups is 1. The quantitative estimate of drug-likeness (QED) is 0.243. The van der Waals surface area contributed by atoms with Crippen molar-refractivity contribution in [3.63, 3.8) is 0 Å². The van der Waals surface area contributed by atoms with Crippen molar-refractivity contribution in [1.82, 2.24) is 20.2 Å². The number of fused-ring (bicyclic) bond motifs is 5. The van der Waals surface area contributed by atoms with Gasteiger partial charge in [0.1, 0.15) is 35.7 Å². The Labute approximate surface area is 276 Å². The number of benzene rings is 3. The van der Waals surface area contributed by atoms with Gasteiger partial charge in [-0.15, -0.1) is 6.42 Å². The molecule has 4 aromatic rings. The van der Waals surface area contributed by atoms with E-state index in [1.807, 2.05) is 0 Å². The number of rotatable bonds is 7. The molecule has 2 N–H and O–H groups in total. The number of nitrogens with zero attached hydrogens (tertiary/aromatic N) is 5. The fraction of sp³-hybridized carbons (Fsp3) is 0.432. The van der Waals surface area contributed by atoms with E-state index in [0.29, 0.717) is 48.2 Å². The lowest BCUT2D eigenvalue weighted by atomic mass is 9.88. The van der Waals surface area contributed by atoms with E-state index in [0.717, 1.165) is 32.2 Å². The van der Waals surface area contributed by atoms with E-state index in [9.17, 15) is 14.8 Å². The van der Waals surface area contributed by atoms with Gasteiger partial charge in [0.25, 0.3) is 0 Å². The number of aryl methyl sites for hydroxylation is 1. The molecule has 3 aromatic carbocycles. The summed E-state index contributed by atoms with van der Waals surface area (Å²) in [5.41, 5.74) is 0.258. The van der Waals surface area contributed by atoms with Crippen molar-refractivity contribution in [2.24, 2.45) is 0 Å². The summed E-state index contributed by atoms with van der Waals surface area (Å²) >= 11 is 0. The van der Waals surface area contributed by atoms with Gasteiger partial charge in [0, 0.05) is 60.9 Å². The molecule has 5 heterocycles. The zero-order chi connectivity index (χ0) is 33.2. The second-order valence-corrected chi connectivity index (χ2v) is 13.7. The minimum Gasteiger partial charge on any atom is -0.508 e. The maximum absolute atomic E-state index is 17.4. The van der Waals surface area contributed by atoms with Crippen LogP contribution in [0.15, 0.2) is 30.3 Å². The van der Waals surface area contributed by atoms with E-state index in [1.165, 1.54) is 24.3 Å². The van der Waals surface area contributed by atoms with E-state index >= 15 is 8.78 Å². The third-order valence-electron chi connectivity index (χ3n) is 10.7. The summed E-state index contributed by atoms with van der Waals surface area (Å²) in [5.74, 6) is 1.43. The number of anilines is 1. The number of hydrogen-bond donors (Lipinski definition) is 2. The average Bonchev–Trinajstić information content (AvgIpc) is 3.72. The zero-order valence-electron chi connectivity index (χ0n) is 26.4. The van der Waals surface area contributed by atoms with Crippen LogP contribution in [0.25, 0.3) is 32.8 Å². The Hall–Kier alpha value is -4.58. The van der Waals surface area contributed by atoms with Crippen LogP contribution in [0, 0.1) is 35.3 Å². The van der Waals surface area contributed by atoms with Crippen molar-refractivity contribution >= 4 is 27.5 Å². The first-order valence-electron chi connectivity index (χ1n) is 16.6. The summed E-state index contributed by atoms with van der Waals surface area (Å²) in [7, 11) is 0. The van der Waals surface area contributed by atoms with Crippen LogP contribution < -0.4 is 15.0 Å². The molecule has 0 saturated carbocycles. The summed E-state index contributed by atoms with van der Waals surface area (Å²) in [6.07, 6.45) is 9.29. The molecule has 4 atom stereocenters. The number of piperazine rings is 1. The average molecular weight is 653 g/mol. The largest absolute Gasteiger partial charge is 0.508 e. The van der Waals surface area contributed by atoms with Crippen LogP contribution in [0.3, 0.4) is 0 Å². The van der Waals surface area contributed by atoms with Crippen LogP contribution >= 0.6 is 0 Å². The zero-order valence-corrected chi connectivity index (χ0v) is 26.4. The number of aromatic nitrogens is 2. The predicted octanol–water partition coefficient (Wildman–Crippen LogP) is 5.77. The van der Waals surface area contributed by atoms with Crippen LogP contribution in [-0.2, 0) is 6.42 Å². The summed E-state index contributed by atoms with van der Waals surface area (Å²) in [5, 5.41) is 25.1. The summed E-state index contributed by atoms with van der Waals surface area (Å²) in [6.45, 7) is 2.70. The first kappa shape index (κ1) is 30.7. The van der Waals surface area contributed by atoms with Crippen LogP contribution in [0.1, 0.15) is 49.7 Å². The van der Waals surface area contributed by atoms with Gasteiger partial charge in [-0.3, -0.25) is 4.90 Å². The highest BCUT2D eigenvalue weighted by Crippen LogP contribution is 2.44. The van der Waals surface area contributed by atoms with Gasteiger partial charge in [-0.1, -0.05) is 12.0 Å². The molecule has 11 heteroatoms. The fourth-order valence-electron chi connectivity index (χ4n) is 8.61. The third kappa shape index (κ3) is 5.08. The van der Waals surface area contributed by atoms with Crippen LogP contribution in [0.4, 0.5) is 19.0 Å². The molecular formula is C37H35F3N6O2. The van der Waals surface area contributed by atoms with Gasteiger partial charge in [-0.05, 0) is 79.4 Å². The topological polar surface area (TPSA) is 97.5 Å². The number of phenols is 1. The monoisotopic (exact) mass is 652 g/mol. The lowest BCUT2D eigenvalue weighted by Gasteiger charge is -2.35. The van der Waals surface area contributed by atoms with E-state index in [-0.39, 0.29) is 70.9 Å². The molecule has 0 amide bonds. The highest BCUT2D eigenvalue weighted by atomic mass is 19.1. The summed E-state index contributed by atoms with van der Waals surface area (Å²) in [4.78, 5) is 13.8. The Morgan fingerprint density at radius 3 is 2.71 bits per heavy atom. The maximum atomic E-state index is 17.4. The van der Waals surface area contributed by atoms with Crippen molar-refractivity contribution in [2.75, 3.05) is 37.7 Å². The standard InChI is InChI=1S/C37H35F3N6O2/c1-2-27-30(39)9-6-22-13-26(47)15-28(31(22)27)32-21(5-3-11-41)14-29-34(33(32)40)43-36(44-35(29)45-18-24-7-8-25(19-45)42-24)48-20-37-10-4-12-46(37)17-23(38)16-37/h1,6,9,13-15,23-25,42,47H,3-5,7-8,10,12,16-20H2/t23-,24-,25+,37+/m1/s1. The molecule has 8 nitrogen and oxygen atoms in total. The van der Waals surface area contributed by atoms with Gasteiger partial charge in [0.15, 0.2) is 5.82 Å². The van der Waals surface area contributed by atoms with E-state index < -0.39 is 23.3 Å². The molecule has 4 aliphatic heterocycles. The van der Waals surface area contributed by atoms with Crippen molar-refractivity contribution in [1.29, 1.82) is 5.26 Å². The van der Waals surface area contributed by atoms with Gasteiger partial charge in [0.05, 0.1) is 17.2 Å². The molecule has 4 saturated heterocycles. The van der Waals surface area contributed by atoms with E-state index in [1.54, 1.807) is 6.07 Å². The van der Waals surface area contributed by atoms with Crippen LogP contribution in [0.5, 0.6) is 11.8 Å². The van der Waals surface area contributed by atoms with Crippen LogP contribution in [-0.4, -0.2) is 76.6 Å². The van der Waals surface area contributed by atoms with Gasteiger partial charge in [-0.25, -0.2) is 13.2 Å². The van der Waals surface area contributed by atoms with E-state index in [4.69, 9.17) is 16.1 Å². The highest BCUT2D eigenvalue weighted by molar-refractivity contribution is 6.05. The maximum Gasteiger partial charge on any atom is 0.319 e. The van der Waals surface area contributed by atoms with E-state index in [2.05, 4.69) is 32.1 Å². The van der Waals surface area contributed by atoms with Gasteiger partial charge >= 0.3 is 6.01 Å². The number of phenolic OH excluding ortho intramolecular Hbond substituents is 1. The van der Waals surface area contributed by atoms with Crippen molar-refractivity contribution in [2.45, 2.75) is 68.7 Å². The third-order valence-corrected chi connectivity index (χ3v) is 10.7. The van der Waals surface area contributed by atoms with Gasteiger partial charge < -0.3 is 20.1 Å². The summed E-state index contributed by atoms with van der Waals surface area (Å²) in [6, 6.07) is 10.0.